The van der Waals surface area contributed by atoms with Crippen molar-refractivity contribution in [2.45, 2.75) is 25.3 Å². The first-order valence-corrected chi connectivity index (χ1v) is 5.77. The number of fused-ring (bicyclic) bond motifs is 1. The second-order valence-corrected chi connectivity index (χ2v) is 5.04. The number of H-pyrrole nitrogens is 1. The summed E-state index contributed by atoms with van der Waals surface area (Å²) in [6, 6.07) is 7.41. The predicted octanol–water partition coefficient (Wildman–Crippen LogP) is 2.03. The zero-order valence-corrected chi connectivity index (χ0v) is 9.71. The number of amides is 1. The smallest absolute Gasteiger partial charge is 0.268 e. The largest absolute Gasteiger partial charge is 0.399 e. The molecule has 0 spiro atoms. The molecule has 0 saturated heterocycles. The van der Waals surface area contributed by atoms with E-state index in [1.54, 1.807) is 0 Å². The fraction of sp³-hybridized carbons (Fsp3) is 0.308. The van der Waals surface area contributed by atoms with Crippen LogP contribution in [0.1, 0.15) is 30.3 Å². The molecule has 1 aromatic heterocycles. The van der Waals surface area contributed by atoms with Crippen LogP contribution in [0.4, 0.5) is 5.69 Å². The monoisotopic (exact) mass is 229 g/mol. The first-order chi connectivity index (χ1) is 8.06. The number of carbonyl (C=O) groups is 1. The Kier molecular flexibility index (Phi) is 1.96. The van der Waals surface area contributed by atoms with Crippen LogP contribution in [0.2, 0.25) is 0 Å². The zero-order chi connectivity index (χ0) is 12.0. The van der Waals surface area contributed by atoms with Gasteiger partial charge < -0.3 is 16.0 Å². The second kappa shape index (κ2) is 3.26. The third kappa shape index (κ3) is 1.86. The maximum Gasteiger partial charge on any atom is 0.268 e. The van der Waals surface area contributed by atoms with Gasteiger partial charge in [-0.15, -0.1) is 0 Å². The van der Waals surface area contributed by atoms with E-state index in [1.165, 1.54) is 0 Å². The quantitative estimate of drug-likeness (QED) is 0.689. The van der Waals surface area contributed by atoms with Gasteiger partial charge in [0.2, 0.25) is 0 Å². The van der Waals surface area contributed by atoms with Crippen LogP contribution in [0.25, 0.3) is 10.9 Å². The van der Waals surface area contributed by atoms with Crippen molar-refractivity contribution in [1.29, 1.82) is 0 Å². The summed E-state index contributed by atoms with van der Waals surface area (Å²) in [5, 5.41) is 3.99. The van der Waals surface area contributed by atoms with Gasteiger partial charge in [0.05, 0.1) is 0 Å². The minimum atomic E-state index is -0.0419. The standard InChI is InChI=1S/C13H15N3O/c1-13(4-5-13)16-12(17)11-7-8-6-9(14)2-3-10(8)15-11/h2-3,6-7,15H,4-5,14H2,1H3,(H,16,17). The first-order valence-electron chi connectivity index (χ1n) is 5.77. The minimum Gasteiger partial charge on any atom is -0.399 e. The Bertz CT molecular complexity index is 596. The summed E-state index contributed by atoms with van der Waals surface area (Å²) >= 11 is 0. The lowest BCUT2D eigenvalue weighted by Gasteiger charge is -2.09. The summed E-state index contributed by atoms with van der Waals surface area (Å²) in [7, 11) is 0. The fourth-order valence-corrected chi connectivity index (χ4v) is 1.93. The van der Waals surface area contributed by atoms with Crippen molar-refractivity contribution >= 4 is 22.5 Å². The molecule has 4 heteroatoms. The molecule has 4 N–H and O–H groups in total. The van der Waals surface area contributed by atoms with Crippen LogP contribution in [0.3, 0.4) is 0 Å². The minimum absolute atomic E-state index is 0.00735. The fourth-order valence-electron chi connectivity index (χ4n) is 1.93. The van der Waals surface area contributed by atoms with E-state index in [-0.39, 0.29) is 11.4 Å². The number of benzene rings is 1. The molecule has 17 heavy (non-hydrogen) atoms. The van der Waals surface area contributed by atoms with E-state index in [1.807, 2.05) is 24.3 Å². The number of anilines is 1. The number of aromatic nitrogens is 1. The number of nitrogen functional groups attached to an aromatic ring is 1. The molecule has 1 amide bonds. The highest BCUT2D eigenvalue weighted by molar-refractivity contribution is 5.99. The van der Waals surface area contributed by atoms with E-state index in [0.717, 1.165) is 23.7 Å². The van der Waals surface area contributed by atoms with Crippen LogP contribution >= 0.6 is 0 Å². The zero-order valence-electron chi connectivity index (χ0n) is 9.71. The summed E-state index contributed by atoms with van der Waals surface area (Å²) in [6.45, 7) is 2.06. The SMILES string of the molecule is CC1(NC(=O)c2cc3cc(N)ccc3[nH]2)CC1. The molecule has 4 nitrogen and oxygen atoms in total. The van der Waals surface area contributed by atoms with Gasteiger partial charge >= 0.3 is 0 Å². The average molecular weight is 229 g/mol. The molecule has 0 aliphatic heterocycles. The van der Waals surface area contributed by atoms with Crippen LogP contribution < -0.4 is 11.1 Å². The molecule has 88 valence electrons. The molecule has 1 aromatic carbocycles. The van der Waals surface area contributed by atoms with Gasteiger partial charge in [0.15, 0.2) is 0 Å². The highest BCUT2D eigenvalue weighted by Gasteiger charge is 2.39. The normalized spacial score (nSPS) is 17.0. The molecule has 2 aromatic rings. The third-order valence-corrected chi connectivity index (χ3v) is 3.30. The van der Waals surface area contributed by atoms with Crippen molar-refractivity contribution in [1.82, 2.24) is 10.3 Å². The Labute approximate surface area is 99.2 Å². The molecular weight excluding hydrogens is 214 g/mol. The van der Waals surface area contributed by atoms with Crippen molar-refractivity contribution in [2.75, 3.05) is 5.73 Å². The van der Waals surface area contributed by atoms with Gasteiger partial charge in [-0.2, -0.15) is 0 Å². The van der Waals surface area contributed by atoms with Gasteiger partial charge in [0.1, 0.15) is 5.69 Å². The van der Waals surface area contributed by atoms with E-state index in [9.17, 15) is 4.79 Å². The number of hydrogen-bond donors (Lipinski definition) is 3. The summed E-state index contributed by atoms with van der Waals surface area (Å²) < 4.78 is 0. The van der Waals surface area contributed by atoms with Crippen LogP contribution in [0.15, 0.2) is 24.3 Å². The molecule has 1 aliphatic carbocycles. The molecule has 1 fully saturated rings. The average Bonchev–Trinajstić information content (AvgIpc) is 2.85. The van der Waals surface area contributed by atoms with Gasteiger partial charge in [-0.3, -0.25) is 4.79 Å². The number of nitrogens with two attached hydrogens (primary N) is 1. The summed E-state index contributed by atoms with van der Waals surface area (Å²) in [5.74, 6) is -0.0419. The Morgan fingerprint density at radius 2 is 2.18 bits per heavy atom. The molecule has 0 bridgehead atoms. The molecule has 3 rings (SSSR count). The molecule has 0 atom stereocenters. The second-order valence-electron chi connectivity index (χ2n) is 5.04. The molecular formula is C13H15N3O. The number of rotatable bonds is 2. The number of nitrogens with one attached hydrogen (secondary N) is 2. The summed E-state index contributed by atoms with van der Waals surface area (Å²) in [6.07, 6.45) is 2.12. The van der Waals surface area contributed by atoms with Crippen LogP contribution in [-0.4, -0.2) is 16.4 Å². The van der Waals surface area contributed by atoms with E-state index in [4.69, 9.17) is 5.73 Å². The van der Waals surface area contributed by atoms with Gasteiger partial charge in [0, 0.05) is 22.1 Å². The lowest BCUT2D eigenvalue weighted by atomic mass is 10.2. The van der Waals surface area contributed by atoms with Gasteiger partial charge in [-0.25, -0.2) is 0 Å². The molecule has 0 radical (unpaired) electrons. The summed E-state index contributed by atoms with van der Waals surface area (Å²) in [5.41, 5.74) is 7.95. The van der Waals surface area contributed by atoms with E-state index < -0.39 is 0 Å². The molecule has 0 unspecified atom stereocenters. The maximum absolute atomic E-state index is 12.0. The van der Waals surface area contributed by atoms with Crippen molar-refractivity contribution in [3.63, 3.8) is 0 Å². The number of hydrogen-bond acceptors (Lipinski definition) is 2. The Morgan fingerprint density at radius 3 is 2.88 bits per heavy atom. The van der Waals surface area contributed by atoms with Gasteiger partial charge in [-0.05, 0) is 44.0 Å². The lowest BCUT2D eigenvalue weighted by molar-refractivity contribution is 0.0931. The highest BCUT2D eigenvalue weighted by Crippen LogP contribution is 2.34. The Balaban J connectivity index is 1.92. The lowest BCUT2D eigenvalue weighted by Crippen LogP contribution is -2.34. The van der Waals surface area contributed by atoms with Crippen LogP contribution in [0, 0.1) is 0 Å². The topological polar surface area (TPSA) is 70.9 Å². The van der Waals surface area contributed by atoms with Crippen molar-refractivity contribution in [3.05, 3.63) is 30.0 Å². The Hall–Kier alpha value is -1.97. The van der Waals surface area contributed by atoms with E-state index in [0.29, 0.717) is 11.4 Å². The van der Waals surface area contributed by atoms with Crippen molar-refractivity contribution in [2.24, 2.45) is 0 Å². The molecule has 1 heterocycles. The van der Waals surface area contributed by atoms with Crippen molar-refractivity contribution < 1.29 is 4.79 Å². The molecule has 1 aliphatic rings. The summed E-state index contributed by atoms with van der Waals surface area (Å²) in [4.78, 5) is 15.1. The Morgan fingerprint density at radius 1 is 1.41 bits per heavy atom. The maximum atomic E-state index is 12.0. The van der Waals surface area contributed by atoms with Crippen molar-refractivity contribution in [3.8, 4) is 0 Å². The molecule has 1 saturated carbocycles. The van der Waals surface area contributed by atoms with E-state index in [2.05, 4.69) is 17.2 Å². The number of aromatic amines is 1. The highest BCUT2D eigenvalue weighted by atomic mass is 16.2. The third-order valence-electron chi connectivity index (χ3n) is 3.30. The van der Waals surface area contributed by atoms with Gasteiger partial charge in [0.25, 0.3) is 5.91 Å². The van der Waals surface area contributed by atoms with E-state index >= 15 is 0 Å². The van der Waals surface area contributed by atoms with Crippen LogP contribution in [-0.2, 0) is 0 Å². The predicted molar refractivity (Wildman–Crippen MR) is 67.8 cm³/mol. The number of carbonyl (C=O) groups excluding carboxylic acids is 1. The van der Waals surface area contributed by atoms with Gasteiger partial charge in [-0.1, -0.05) is 0 Å². The first kappa shape index (κ1) is 10.2. The van der Waals surface area contributed by atoms with Crippen LogP contribution in [0.5, 0.6) is 0 Å².